The van der Waals surface area contributed by atoms with Gasteiger partial charge in [-0.1, -0.05) is 28.1 Å². The molecule has 1 aromatic carbocycles. The summed E-state index contributed by atoms with van der Waals surface area (Å²) in [7, 11) is 0. The van der Waals surface area contributed by atoms with Crippen LogP contribution in [-0.4, -0.2) is 17.8 Å². The van der Waals surface area contributed by atoms with Crippen molar-refractivity contribution >= 4 is 33.4 Å². The van der Waals surface area contributed by atoms with Gasteiger partial charge in [-0.2, -0.15) is 0 Å². The van der Waals surface area contributed by atoms with Crippen molar-refractivity contribution in [3.8, 4) is 0 Å². The van der Waals surface area contributed by atoms with Crippen LogP contribution < -0.4 is 5.32 Å². The van der Waals surface area contributed by atoms with Gasteiger partial charge in [-0.15, -0.1) is 11.6 Å². The number of rotatable bonds is 6. The average molecular weight is 345 g/mol. The predicted octanol–water partition coefficient (Wildman–Crippen LogP) is 4.00. The zero-order valence-electron chi connectivity index (χ0n) is 11.1. The lowest BCUT2D eigenvalue weighted by Crippen LogP contribution is -2.41. The lowest BCUT2D eigenvalue weighted by atomic mass is 9.89. The van der Waals surface area contributed by atoms with E-state index in [2.05, 4.69) is 52.4 Å². The fourth-order valence-corrected chi connectivity index (χ4v) is 2.97. The van der Waals surface area contributed by atoms with Crippen LogP contribution in [0.2, 0.25) is 0 Å². The highest BCUT2D eigenvalue weighted by molar-refractivity contribution is 9.10. The number of alkyl halides is 1. The maximum atomic E-state index is 11.8. The molecule has 1 aliphatic carbocycles. The maximum absolute atomic E-state index is 11.8. The molecule has 1 atom stereocenters. The van der Waals surface area contributed by atoms with E-state index in [1.807, 2.05) is 0 Å². The normalized spacial score (nSPS) is 17.8. The quantitative estimate of drug-likeness (QED) is 0.776. The minimum Gasteiger partial charge on any atom is -0.353 e. The lowest BCUT2D eigenvalue weighted by Gasteiger charge is -2.25. The Kier molecular flexibility index (Phi) is 4.91. The van der Waals surface area contributed by atoms with Crippen molar-refractivity contribution in [3.05, 3.63) is 34.3 Å². The summed E-state index contributed by atoms with van der Waals surface area (Å²) in [6.07, 6.45) is 3.55. The Morgan fingerprint density at radius 3 is 2.58 bits per heavy atom. The molecule has 1 aromatic rings. The summed E-state index contributed by atoms with van der Waals surface area (Å²) in [5.74, 6) is 0.649. The lowest BCUT2D eigenvalue weighted by molar-refractivity contribution is -0.121. The highest BCUT2D eigenvalue weighted by atomic mass is 79.9. The first kappa shape index (κ1) is 14.9. The second kappa shape index (κ2) is 6.27. The summed E-state index contributed by atoms with van der Waals surface area (Å²) in [6.45, 7) is 2.10. The average Bonchev–Trinajstić information content (AvgIpc) is 3.18. The van der Waals surface area contributed by atoms with Gasteiger partial charge in [0.25, 0.3) is 0 Å². The standard InChI is InChI=1S/C15H19BrClNO/c1-11(18-14(19)3-2-10-17)15(8-9-15)12-4-6-13(16)7-5-12/h4-7,11H,2-3,8-10H2,1H3,(H,18,19). The number of benzene rings is 1. The molecule has 19 heavy (non-hydrogen) atoms. The molecule has 0 aromatic heterocycles. The molecule has 104 valence electrons. The van der Waals surface area contributed by atoms with E-state index < -0.39 is 0 Å². The predicted molar refractivity (Wildman–Crippen MR) is 82.6 cm³/mol. The Morgan fingerprint density at radius 2 is 2.05 bits per heavy atom. The van der Waals surface area contributed by atoms with Gasteiger partial charge >= 0.3 is 0 Å². The van der Waals surface area contributed by atoms with Crippen molar-refractivity contribution < 1.29 is 4.79 Å². The van der Waals surface area contributed by atoms with E-state index in [1.165, 1.54) is 5.56 Å². The topological polar surface area (TPSA) is 29.1 Å². The monoisotopic (exact) mass is 343 g/mol. The molecule has 1 fully saturated rings. The zero-order valence-corrected chi connectivity index (χ0v) is 13.4. The summed E-state index contributed by atoms with van der Waals surface area (Å²) in [6, 6.07) is 8.61. The van der Waals surface area contributed by atoms with Crippen LogP contribution in [0.15, 0.2) is 28.7 Å². The molecule has 1 amide bonds. The molecule has 0 saturated heterocycles. The van der Waals surface area contributed by atoms with E-state index in [9.17, 15) is 4.79 Å². The van der Waals surface area contributed by atoms with Gasteiger partial charge in [-0.25, -0.2) is 0 Å². The third-order valence-corrected chi connectivity index (χ3v) is 4.75. The number of halogens is 2. The molecule has 4 heteroatoms. The Morgan fingerprint density at radius 1 is 1.42 bits per heavy atom. The molecule has 1 N–H and O–H groups in total. The van der Waals surface area contributed by atoms with Crippen LogP contribution in [0.1, 0.15) is 38.2 Å². The van der Waals surface area contributed by atoms with Crippen molar-refractivity contribution in [2.75, 3.05) is 5.88 Å². The summed E-state index contributed by atoms with van der Waals surface area (Å²) >= 11 is 9.07. The number of hydrogen-bond acceptors (Lipinski definition) is 1. The van der Waals surface area contributed by atoms with Crippen LogP contribution in [0, 0.1) is 0 Å². The van der Waals surface area contributed by atoms with Crippen molar-refractivity contribution in [2.45, 2.75) is 44.1 Å². The first-order valence-corrected chi connectivity index (χ1v) is 8.02. The maximum Gasteiger partial charge on any atom is 0.220 e. The van der Waals surface area contributed by atoms with Gasteiger partial charge in [-0.3, -0.25) is 4.79 Å². The third-order valence-electron chi connectivity index (χ3n) is 3.95. The Hall–Kier alpha value is -0.540. The SMILES string of the molecule is CC(NC(=O)CCCCl)C1(c2ccc(Br)cc2)CC1. The van der Waals surface area contributed by atoms with Gasteiger partial charge in [0.05, 0.1) is 0 Å². The van der Waals surface area contributed by atoms with Gasteiger partial charge in [0.2, 0.25) is 5.91 Å². The van der Waals surface area contributed by atoms with Gasteiger partial charge in [0, 0.05) is 28.2 Å². The fraction of sp³-hybridized carbons (Fsp3) is 0.533. The van der Waals surface area contributed by atoms with Gasteiger partial charge in [0.15, 0.2) is 0 Å². The fourth-order valence-electron chi connectivity index (χ4n) is 2.57. The Bertz CT molecular complexity index is 442. The smallest absolute Gasteiger partial charge is 0.220 e. The molecular formula is C15H19BrClNO. The summed E-state index contributed by atoms with van der Waals surface area (Å²) in [5.41, 5.74) is 1.46. The van der Waals surface area contributed by atoms with E-state index >= 15 is 0 Å². The van der Waals surface area contributed by atoms with E-state index in [-0.39, 0.29) is 17.4 Å². The number of hydrogen-bond donors (Lipinski definition) is 1. The third kappa shape index (κ3) is 3.51. The number of amides is 1. The summed E-state index contributed by atoms with van der Waals surface area (Å²) < 4.78 is 1.09. The van der Waals surface area contributed by atoms with Crippen molar-refractivity contribution in [1.82, 2.24) is 5.32 Å². The van der Waals surface area contributed by atoms with Gasteiger partial charge in [0.1, 0.15) is 0 Å². The second-order valence-corrected chi connectivity index (χ2v) is 6.54. The van der Waals surface area contributed by atoms with Crippen LogP contribution in [0.4, 0.5) is 0 Å². The summed E-state index contributed by atoms with van der Waals surface area (Å²) in [4.78, 5) is 11.8. The molecule has 0 aliphatic heterocycles. The van der Waals surface area contributed by atoms with Crippen LogP contribution >= 0.6 is 27.5 Å². The van der Waals surface area contributed by atoms with Crippen LogP contribution in [0.3, 0.4) is 0 Å². The van der Waals surface area contributed by atoms with E-state index in [0.717, 1.165) is 23.7 Å². The molecule has 2 nitrogen and oxygen atoms in total. The van der Waals surface area contributed by atoms with E-state index in [0.29, 0.717) is 12.3 Å². The van der Waals surface area contributed by atoms with E-state index in [1.54, 1.807) is 0 Å². The largest absolute Gasteiger partial charge is 0.353 e. The molecule has 0 heterocycles. The molecule has 0 bridgehead atoms. The molecule has 1 unspecified atom stereocenters. The highest BCUT2D eigenvalue weighted by Crippen LogP contribution is 2.51. The van der Waals surface area contributed by atoms with Crippen molar-refractivity contribution in [1.29, 1.82) is 0 Å². The van der Waals surface area contributed by atoms with Crippen LogP contribution in [0.5, 0.6) is 0 Å². The zero-order chi connectivity index (χ0) is 13.9. The van der Waals surface area contributed by atoms with Crippen LogP contribution in [-0.2, 0) is 10.2 Å². The number of nitrogens with one attached hydrogen (secondary N) is 1. The second-order valence-electron chi connectivity index (χ2n) is 5.24. The Labute approximate surface area is 128 Å². The minimum absolute atomic E-state index is 0.108. The molecule has 1 saturated carbocycles. The van der Waals surface area contributed by atoms with Crippen molar-refractivity contribution in [3.63, 3.8) is 0 Å². The molecular weight excluding hydrogens is 326 g/mol. The van der Waals surface area contributed by atoms with Gasteiger partial charge < -0.3 is 5.32 Å². The number of carbonyl (C=O) groups excluding carboxylic acids is 1. The summed E-state index contributed by atoms with van der Waals surface area (Å²) in [5, 5.41) is 3.12. The van der Waals surface area contributed by atoms with Gasteiger partial charge in [-0.05, 0) is 43.9 Å². The molecule has 0 radical (unpaired) electrons. The molecule has 0 spiro atoms. The number of carbonyl (C=O) groups is 1. The molecule has 1 aliphatic rings. The minimum atomic E-state index is 0.108. The Balaban J connectivity index is 2.00. The first-order chi connectivity index (χ1) is 9.08. The van der Waals surface area contributed by atoms with Crippen molar-refractivity contribution in [2.24, 2.45) is 0 Å². The first-order valence-electron chi connectivity index (χ1n) is 6.70. The highest BCUT2D eigenvalue weighted by Gasteiger charge is 2.49. The van der Waals surface area contributed by atoms with E-state index in [4.69, 9.17) is 11.6 Å². The van der Waals surface area contributed by atoms with Crippen LogP contribution in [0.25, 0.3) is 0 Å². The molecule has 2 rings (SSSR count).